The van der Waals surface area contributed by atoms with Crippen LogP contribution >= 0.6 is 0 Å². The van der Waals surface area contributed by atoms with Crippen LogP contribution in [0.2, 0.25) is 0 Å². The number of carbonyl (C=O) groups excluding carboxylic acids is 1. The number of amides is 1. The molecule has 1 unspecified atom stereocenters. The zero-order valence-corrected chi connectivity index (χ0v) is 18.3. The Kier molecular flexibility index (Phi) is 6.02. The molecule has 3 atom stereocenters. The van der Waals surface area contributed by atoms with E-state index in [-0.39, 0.29) is 29.1 Å². The molecule has 2 aliphatic rings. The number of benzene rings is 1. The van der Waals surface area contributed by atoms with Crippen LogP contribution in [0.25, 0.3) is 0 Å². The van der Waals surface area contributed by atoms with Crippen molar-refractivity contribution in [2.24, 2.45) is 5.41 Å². The van der Waals surface area contributed by atoms with Crippen LogP contribution in [0.3, 0.4) is 0 Å². The Balaban J connectivity index is 1.43. The van der Waals surface area contributed by atoms with E-state index in [1.807, 2.05) is 13.8 Å². The Morgan fingerprint density at radius 3 is 2.97 bits per heavy atom. The number of aromatic nitrogens is 2. The van der Waals surface area contributed by atoms with Crippen LogP contribution in [0, 0.1) is 23.6 Å². The second-order valence-electron chi connectivity index (χ2n) is 9.05. The van der Waals surface area contributed by atoms with Crippen molar-refractivity contribution < 1.29 is 14.3 Å². The third-order valence-corrected chi connectivity index (χ3v) is 6.66. The van der Waals surface area contributed by atoms with Gasteiger partial charge in [-0.1, -0.05) is 25.8 Å². The molecule has 1 saturated carbocycles. The summed E-state index contributed by atoms with van der Waals surface area (Å²) in [6.07, 6.45) is 9.98. The highest BCUT2D eigenvalue weighted by Crippen LogP contribution is 2.38. The quantitative estimate of drug-likeness (QED) is 0.517. The van der Waals surface area contributed by atoms with E-state index in [2.05, 4.69) is 31.8 Å². The number of nitrogens with zero attached hydrogens (tertiary/aromatic N) is 2. The number of hydrogen-bond donors (Lipinski definition) is 4. The van der Waals surface area contributed by atoms with Crippen LogP contribution < -0.4 is 16.0 Å². The van der Waals surface area contributed by atoms with Gasteiger partial charge in [0.2, 0.25) is 11.9 Å². The lowest BCUT2D eigenvalue weighted by Crippen LogP contribution is -2.48. The molecule has 4 N–H and O–H groups in total. The van der Waals surface area contributed by atoms with Gasteiger partial charge in [-0.25, -0.2) is 9.37 Å². The molecule has 0 saturated heterocycles. The summed E-state index contributed by atoms with van der Waals surface area (Å²) in [5, 5.41) is 19.7. The van der Waals surface area contributed by atoms with E-state index in [0.717, 1.165) is 24.8 Å². The number of aliphatic hydroxyl groups is 1. The molecule has 1 aromatic heterocycles. The standard InChI is InChI=1S/C24H28FN5O2/c1-4-14-13-27-23(30-21(14)29-19-6-5-7-20(31)24(19,2)3)26-11-10-17-16-9-8-15(25)12-18(16)28-22(17)32/h1,8-9,12-13,17,19-20,31H,5-7,10-11H2,2-3H3,(H,28,32)(H2,26,27,29,30)/t17?,19-,20+/m0/s1. The first-order chi connectivity index (χ1) is 15.3. The summed E-state index contributed by atoms with van der Waals surface area (Å²) < 4.78 is 13.4. The van der Waals surface area contributed by atoms with E-state index < -0.39 is 6.10 Å². The van der Waals surface area contributed by atoms with Crippen molar-refractivity contribution in [2.45, 2.75) is 57.6 Å². The zero-order valence-electron chi connectivity index (χ0n) is 18.3. The van der Waals surface area contributed by atoms with Gasteiger partial charge >= 0.3 is 0 Å². The largest absolute Gasteiger partial charge is 0.392 e. The van der Waals surface area contributed by atoms with Crippen LogP contribution in [0.5, 0.6) is 0 Å². The van der Waals surface area contributed by atoms with E-state index in [1.165, 1.54) is 12.1 Å². The van der Waals surface area contributed by atoms with Crippen LogP contribution in [-0.2, 0) is 4.79 Å². The van der Waals surface area contributed by atoms with Crippen molar-refractivity contribution in [1.82, 2.24) is 9.97 Å². The number of terminal acetylenes is 1. The van der Waals surface area contributed by atoms with Gasteiger partial charge in [0.1, 0.15) is 11.6 Å². The van der Waals surface area contributed by atoms with Crippen molar-refractivity contribution in [1.29, 1.82) is 0 Å². The summed E-state index contributed by atoms with van der Waals surface area (Å²) in [4.78, 5) is 21.1. The lowest BCUT2D eigenvalue weighted by atomic mass is 9.71. The van der Waals surface area contributed by atoms with Crippen molar-refractivity contribution in [3.8, 4) is 12.3 Å². The van der Waals surface area contributed by atoms with Crippen molar-refractivity contribution in [3.05, 3.63) is 41.3 Å². The molecular formula is C24H28FN5O2. The van der Waals surface area contributed by atoms with E-state index in [1.54, 1.807) is 12.3 Å². The maximum absolute atomic E-state index is 13.4. The lowest BCUT2D eigenvalue weighted by molar-refractivity contribution is -0.117. The molecule has 4 rings (SSSR count). The van der Waals surface area contributed by atoms with Gasteiger partial charge in [0.25, 0.3) is 0 Å². The fourth-order valence-electron chi connectivity index (χ4n) is 4.51. The van der Waals surface area contributed by atoms with Gasteiger partial charge in [-0.3, -0.25) is 4.79 Å². The maximum atomic E-state index is 13.4. The molecule has 168 valence electrons. The molecule has 0 spiro atoms. The molecular weight excluding hydrogens is 409 g/mol. The average Bonchev–Trinajstić information content (AvgIpc) is 3.06. The summed E-state index contributed by atoms with van der Waals surface area (Å²) in [5.41, 5.74) is 1.56. The molecule has 1 aliphatic carbocycles. The molecule has 7 nitrogen and oxygen atoms in total. The Bertz CT molecular complexity index is 1060. The van der Waals surface area contributed by atoms with E-state index in [4.69, 9.17) is 6.42 Å². The number of halogens is 1. The number of hydrogen-bond acceptors (Lipinski definition) is 6. The Morgan fingerprint density at radius 1 is 1.38 bits per heavy atom. The predicted octanol–water partition coefficient (Wildman–Crippen LogP) is 3.49. The minimum absolute atomic E-state index is 0.0279. The second-order valence-corrected chi connectivity index (χ2v) is 9.05. The number of aliphatic hydroxyl groups excluding tert-OH is 1. The Hall–Kier alpha value is -3.18. The molecule has 8 heteroatoms. The first-order valence-corrected chi connectivity index (χ1v) is 10.9. The summed E-state index contributed by atoms with van der Waals surface area (Å²) >= 11 is 0. The van der Waals surface area contributed by atoms with Gasteiger partial charge in [0, 0.05) is 23.7 Å². The summed E-state index contributed by atoms with van der Waals surface area (Å²) in [7, 11) is 0. The van der Waals surface area contributed by atoms with Crippen LogP contribution in [0.4, 0.5) is 21.8 Å². The number of anilines is 3. The van der Waals surface area contributed by atoms with E-state index >= 15 is 0 Å². The molecule has 1 aliphatic heterocycles. The average molecular weight is 438 g/mol. The number of carbonyl (C=O) groups is 1. The molecule has 2 heterocycles. The highest BCUT2D eigenvalue weighted by Gasteiger charge is 2.39. The lowest BCUT2D eigenvalue weighted by Gasteiger charge is -2.43. The second kappa shape index (κ2) is 8.75. The van der Waals surface area contributed by atoms with Crippen molar-refractivity contribution in [3.63, 3.8) is 0 Å². The highest BCUT2D eigenvalue weighted by molar-refractivity contribution is 6.02. The predicted molar refractivity (Wildman–Crippen MR) is 122 cm³/mol. The van der Waals surface area contributed by atoms with Crippen LogP contribution in [0.1, 0.15) is 56.6 Å². The summed E-state index contributed by atoms with van der Waals surface area (Å²) in [5.74, 6) is 2.69. The van der Waals surface area contributed by atoms with Crippen molar-refractivity contribution >= 4 is 23.4 Å². The van der Waals surface area contributed by atoms with Gasteiger partial charge in [-0.15, -0.1) is 6.42 Å². The monoisotopic (exact) mass is 437 g/mol. The number of rotatable bonds is 6. The van der Waals surface area contributed by atoms with Gasteiger partial charge < -0.3 is 21.1 Å². The smallest absolute Gasteiger partial charge is 0.232 e. The number of fused-ring (bicyclic) bond motifs is 1. The van der Waals surface area contributed by atoms with E-state index in [0.29, 0.717) is 36.0 Å². The third kappa shape index (κ3) is 4.26. The first-order valence-electron chi connectivity index (χ1n) is 10.9. The van der Waals surface area contributed by atoms with Gasteiger partial charge in [-0.05, 0) is 43.4 Å². The number of nitrogens with one attached hydrogen (secondary N) is 3. The van der Waals surface area contributed by atoms with Gasteiger partial charge in [0.05, 0.1) is 23.8 Å². The molecule has 32 heavy (non-hydrogen) atoms. The topological polar surface area (TPSA) is 99.2 Å². The fraction of sp³-hybridized carbons (Fsp3) is 0.458. The molecule has 1 aromatic carbocycles. The summed E-state index contributed by atoms with van der Waals surface area (Å²) in [6.45, 7) is 4.54. The molecule has 2 aromatic rings. The third-order valence-electron chi connectivity index (χ3n) is 6.66. The van der Waals surface area contributed by atoms with Gasteiger partial charge in [0.15, 0.2) is 0 Å². The van der Waals surface area contributed by atoms with E-state index in [9.17, 15) is 14.3 Å². The van der Waals surface area contributed by atoms with Crippen LogP contribution in [-0.4, -0.2) is 39.7 Å². The Morgan fingerprint density at radius 2 is 2.19 bits per heavy atom. The normalized spacial score (nSPS) is 23.7. The SMILES string of the molecule is C#Cc1cnc(NCCC2C(=O)Nc3cc(F)ccc32)nc1N[C@H]1CCC[C@@H](O)C1(C)C. The maximum Gasteiger partial charge on any atom is 0.232 e. The van der Waals surface area contributed by atoms with Gasteiger partial charge in [-0.2, -0.15) is 4.98 Å². The summed E-state index contributed by atoms with van der Waals surface area (Å²) in [6, 6.07) is 4.38. The molecule has 0 radical (unpaired) electrons. The zero-order chi connectivity index (χ0) is 22.9. The minimum atomic E-state index is -0.392. The molecule has 1 amide bonds. The highest BCUT2D eigenvalue weighted by atomic mass is 19.1. The van der Waals surface area contributed by atoms with Crippen molar-refractivity contribution in [2.75, 3.05) is 22.5 Å². The first kappa shape index (κ1) is 22.0. The Labute approximate surface area is 187 Å². The fourth-order valence-corrected chi connectivity index (χ4v) is 4.51. The van der Waals surface area contributed by atoms with Crippen LogP contribution in [0.15, 0.2) is 24.4 Å². The molecule has 0 bridgehead atoms. The minimum Gasteiger partial charge on any atom is -0.392 e. The molecule has 1 fully saturated rings.